The summed E-state index contributed by atoms with van der Waals surface area (Å²) in [6.07, 6.45) is 0.533. The van der Waals surface area contributed by atoms with Crippen LogP contribution in [0.5, 0.6) is 0 Å². The minimum atomic E-state index is -1.21. The van der Waals surface area contributed by atoms with Crippen LogP contribution >= 0.6 is 0 Å². The number of rotatable bonds is 10. The third-order valence-corrected chi connectivity index (χ3v) is 2.84. The number of guanidine groups is 1. The van der Waals surface area contributed by atoms with E-state index in [0.29, 0.717) is 6.42 Å². The SMILES string of the molecule is CC(NC(=O)C(CCCN=C(N)N)NC(=O)C(N)CO)C(=O)O. The van der Waals surface area contributed by atoms with Crippen LogP contribution in [0.1, 0.15) is 19.8 Å². The molecular formula is C12H24N6O5. The predicted molar refractivity (Wildman–Crippen MR) is 82.1 cm³/mol. The van der Waals surface area contributed by atoms with Gasteiger partial charge in [-0.2, -0.15) is 0 Å². The van der Waals surface area contributed by atoms with Crippen molar-refractivity contribution in [2.24, 2.45) is 22.2 Å². The molecule has 23 heavy (non-hydrogen) atoms. The van der Waals surface area contributed by atoms with Crippen molar-refractivity contribution in [1.29, 1.82) is 0 Å². The smallest absolute Gasteiger partial charge is 0.325 e. The Morgan fingerprint density at radius 3 is 2.26 bits per heavy atom. The van der Waals surface area contributed by atoms with Gasteiger partial charge in [-0.1, -0.05) is 0 Å². The van der Waals surface area contributed by atoms with E-state index in [0.717, 1.165) is 0 Å². The van der Waals surface area contributed by atoms with Crippen LogP contribution in [0.4, 0.5) is 0 Å². The Morgan fingerprint density at radius 2 is 1.78 bits per heavy atom. The van der Waals surface area contributed by atoms with Crippen molar-refractivity contribution in [3.8, 4) is 0 Å². The van der Waals surface area contributed by atoms with Crippen LogP contribution in [0.2, 0.25) is 0 Å². The molecule has 0 rings (SSSR count). The van der Waals surface area contributed by atoms with E-state index >= 15 is 0 Å². The van der Waals surface area contributed by atoms with Crippen LogP contribution < -0.4 is 27.8 Å². The fourth-order valence-electron chi connectivity index (χ4n) is 1.51. The average Bonchev–Trinajstić information content (AvgIpc) is 2.48. The van der Waals surface area contributed by atoms with Gasteiger partial charge in [0.2, 0.25) is 11.8 Å². The van der Waals surface area contributed by atoms with Gasteiger partial charge in [0.25, 0.3) is 0 Å². The quantitative estimate of drug-likeness (QED) is 0.121. The average molecular weight is 332 g/mol. The van der Waals surface area contributed by atoms with Crippen molar-refractivity contribution >= 4 is 23.7 Å². The number of hydrogen-bond acceptors (Lipinski definition) is 6. The maximum atomic E-state index is 12.1. The molecule has 0 spiro atoms. The first-order valence-corrected chi connectivity index (χ1v) is 6.94. The number of carboxylic acids is 1. The van der Waals surface area contributed by atoms with E-state index in [1.165, 1.54) is 6.92 Å². The largest absolute Gasteiger partial charge is 0.480 e. The Bertz CT molecular complexity index is 451. The number of carboxylic acid groups (broad SMARTS) is 1. The zero-order valence-corrected chi connectivity index (χ0v) is 12.9. The van der Waals surface area contributed by atoms with E-state index in [4.69, 9.17) is 27.4 Å². The summed E-state index contributed by atoms with van der Waals surface area (Å²) in [6.45, 7) is 0.945. The van der Waals surface area contributed by atoms with Crippen LogP contribution in [-0.4, -0.2) is 65.2 Å². The highest BCUT2D eigenvalue weighted by Crippen LogP contribution is 2.00. The van der Waals surface area contributed by atoms with E-state index in [9.17, 15) is 14.4 Å². The number of aliphatic hydroxyl groups is 1. The molecule has 0 bridgehead atoms. The lowest BCUT2D eigenvalue weighted by molar-refractivity contribution is -0.141. The van der Waals surface area contributed by atoms with Crippen LogP contribution in [0.15, 0.2) is 4.99 Å². The van der Waals surface area contributed by atoms with Gasteiger partial charge in [-0.05, 0) is 19.8 Å². The summed E-state index contributed by atoms with van der Waals surface area (Å²) < 4.78 is 0. The second-order valence-electron chi connectivity index (χ2n) is 4.87. The van der Waals surface area contributed by atoms with E-state index < -0.39 is 42.5 Å². The molecule has 0 aromatic heterocycles. The summed E-state index contributed by atoms with van der Waals surface area (Å²) in [7, 11) is 0. The first-order chi connectivity index (χ1) is 10.7. The number of carbonyl (C=O) groups excluding carboxylic acids is 2. The second-order valence-corrected chi connectivity index (χ2v) is 4.87. The molecule has 2 amide bonds. The first-order valence-electron chi connectivity index (χ1n) is 6.94. The van der Waals surface area contributed by atoms with Gasteiger partial charge in [0, 0.05) is 6.54 Å². The van der Waals surface area contributed by atoms with Gasteiger partial charge in [-0.25, -0.2) is 0 Å². The summed E-state index contributed by atoms with van der Waals surface area (Å²) in [5.74, 6) is -2.71. The van der Waals surface area contributed by atoms with Crippen molar-refractivity contribution in [1.82, 2.24) is 10.6 Å². The zero-order valence-electron chi connectivity index (χ0n) is 12.9. The molecule has 0 aromatic carbocycles. The molecule has 132 valence electrons. The predicted octanol–water partition coefficient (Wildman–Crippen LogP) is -3.57. The fourth-order valence-corrected chi connectivity index (χ4v) is 1.51. The van der Waals surface area contributed by atoms with Gasteiger partial charge in [0.15, 0.2) is 5.96 Å². The molecule has 0 aliphatic carbocycles. The monoisotopic (exact) mass is 332 g/mol. The normalized spacial score (nSPS) is 14.2. The van der Waals surface area contributed by atoms with E-state index in [-0.39, 0.29) is 18.9 Å². The van der Waals surface area contributed by atoms with Gasteiger partial charge in [-0.15, -0.1) is 0 Å². The number of aliphatic carboxylic acids is 1. The number of carbonyl (C=O) groups is 3. The van der Waals surface area contributed by atoms with Gasteiger partial charge < -0.3 is 38.0 Å². The summed E-state index contributed by atoms with van der Waals surface area (Å²) >= 11 is 0. The molecule has 3 unspecified atom stereocenters. The molecule has 11 heteroatoms. The molecule has 0 aliphatic rings. The summed E-state index contributed by atoms with van der Waals surface area (Å²) in [5, 5.41) is 22.2. The molecule has 10 N–H and O–H groups in total. The Hall–Kier alpha value is -2.40. The maximum Gasteiger partial charge on any atom is 0.325 e. The Kier molecular flexibility index (Phi) is 9.27. The second kappa shape index (κ2) is 10.3. The van der Waals surface area contributed by atoms with Crippen molar-refractivity contribution in [3.05, 3.63) is 0 Å². The topological polar surface area (TPSA) is 206 Å². The molecule has 0 heterocycles. The minimum Gasteiger partial charge on any atom is -0.480 e. The van der Waals surface area contributed by atoms with E-state index in [1.54, 1.807) is 0 Å². The number of amides is 2. The van der Waals surface area contributed by atoms with Crippen LogP contribution in [-0.2, 0) is 14.4 Å². The van der Waals surface area contributed by atoms with Crippen LogP contribution in [0.3, 0.4) is 0 Å². The molecule has 0 aromatic rings. The Morgan fingerprint density at radius 1 is 1.17 bits per heavy atom. The Labute approximate surface area is 133 Å². The molecule has 0 radical (unpaired) electrons. The number of nitrogens with zero attached hydrogens (tertiary/aromatic N) is 1. The first kappa shape index (κ1) is 20.6. The highest BCUT2D eigenvalue weighted by atomic mass is 16.4. The third-order valence-electron chi connectivity index (χ3n) is 2.84. The van der Waals surface area contributed by atoms with Crippen molar-refractivity contribution in [2.75, 3.05) is 13.2 Å². The lowest BCUT2D eigenvalue weighted by Gasteiger charge is -2.21. The molecule has 0 saturated carbocycles. The number of nitrogens with one attached hydrogen (secondary N) is 2. The summed E-state index contributed by atoms with van der Waals surface area (Å²) in [4.78, 5) is 38.3. The zero-order chi connectivity index (χ0) is 18.0. The number of nitrogens with two attached hydrogens (primary N) is 3. The molecule has 0 fully saturated rings. The number of hydrogen-bond donors (Lipinski definition) is 7. The van der Waals surface area contributed by atoms with Crippen molar-refractivity contribution < 1.29 is 24.6 Å². The van der Waals surface area contributed by atoms with Gasteiger partial charge >= 0.3 is 5.97 Å². The highest BCUT2D eigenvalue weighted by Gasteiger charge is 2.25. The lowest BCUT2D eigenvalue weighted by Crippen LogP contribution is -2.54. The van der Waals surface area contributed by atoms with E-state index in [1.807, 2.05) is 0 Å². The number of aliphatic hydroxyl groups excluding tert-OH is 1. The van der Waals surface area contributed by atoms with E-state index in [2.05, 4.69) is 15.6 Å². The molecule has 3 atom stereocenters. The fraction of sp³-hybridized carbons (Fsp3) is 0.667. The molecule has 0 aliphatic heterocycles. The number of aliphatic imine (C=N–C) groups is 1. The van der Waals surface area contributed by atoms with Crippen LogP contribution in [0.25, 0.3) is 0 Å². The van der Waals surface area contributed by atoms with Gasteiger partial charge in [0.05, 0.1) is 6.61 Å². The minimum absolute atomic E-state index is 0.100. The molecular weight excluding hydrogens is 308 g/mol. The van der Waals surface area contributed by atoms with Gasteiger partial charge in [0.1, 0.15) is 18.1 Å². The summed E-state index contributed by atoms with van der Waals surface area (Å²) in [6, 6.07) is -3.32. The maximum absolute atomic E-state index is 12.1. The van der Waals surface area contributed by atoms with Crippen molar-refractivity contribution in [3.63, 3.8) is 0 Å². The summed E-state index contributed by atoms with van der Waals surface area (Å²) in [5.41, 5.74) is 15.7. The molecule has 0 saturated heterocycles. The highest BCUT2D eigenvalue weighted by molar-refractivity contribution is 5.91. The van der Waals surface area contributed by atoms with Crippen LogP contribution in [0, 0.1) is 0 Å². The third kappa shape index (κ3) is 8.58. The molecule has 11 nitrogen and oxygen atoms in total. The standard InChI is InChI=1S/C12H24N6O5/c1-6(11(22)23)17-10(21)8(3-2-4-16-12(14)15)18-9(20)7(13)5-19/h6-8,19H,2-5,13H2,1H3,(H,17,21)(H,18,20)(H,22,23)(H4,14,15,16). The van der Waals surface area contributed by atoms with Crippen molar-refractivity contribution in [2.45, 2.75) is 37.9 Å². The Balaban J connectivity index is 4.77. The van der Waals surface area contributed by atoms with Gasteiger partial charge in [-0.3, -0.25) is 19.4 Å². The lowest BCUT2D eigenvalue weighted by atomic mass is 10.1.